The minimum absolute atomic E-state index is 0.0341. The molecule has 1 aromatic carbocycles. The Bertz CT molecular complexity index is 399. The number of aliphatic hydroxyl groups is 1. The number of hydrogen-bond donors (Lipinski definition) is 3. The van der Waals surface area contributed by atoms with Crippen molar-refractivity contribution >= 4 is 11.6 Å². The van der Waals surface area contributed by atoms with E-state index in [0.717, 1.165) is 17.7 Å². The van der Waals surface area contributed by atoms with Crippen LogP contribution in [-0.2, 0) is 11.2 Å². The monoisotopic (exact) mass is 264 g/mol. The summed E-state index contributed by atoms with van der Waals surface area (Å²) in [5.41, 5.74) is 6.60. The van der Waals surface area contributed by atoms with Crippen LogP contribution < -0.4 is 11.1 Å². The summed E-state index contributed by atoms with van der Waals surface area (Å²) in [4.78, 5) is 11.7. The number of anilines is 1. The number of hydrogen-bond acceptors (Lipinski definition) is 3. The van der Waals surface area contributed by atoms with Crippen molar-refractivity contribution in [1.29, 1.82) is 0 Å². The zero-order valence-electron chi connectivity index (χ0n) is 11.8. The maximum Gasteiger partial charge on any atom is 0.220 e. The van der Waals surface area contributed by atoms with Gasteiger partial charge >= 0.3 is 0 Å². The molecule has 0 aliphatic rings. The number of carbonyl (C=O) groups excluding carboxylic acids is 1. The van der Waals surface area contributed by atoms with Crippen LogP contribution in [0.4, 0.5) is 5.69 Å². The van der Waals surface area contributed by atoms with Crippen molar-refractivity contribution < 1.29 is 9.90 Å². The molecule has 1 amide bonds. The summed E-state index contributed by atoms with van der Waals surface area (Å²) in [6.07, 6.45) is 2.69. The summed E-state index contributed by atoms with van der Waals surface area (Å²) in [5, 5.41) is 12.7. The van der Waals surface area contributed by atoms with Crippen molar-refractivity contribution in [2.45, 2.75) is 45.1 Å². The number of benzene rings is 1. The smallest absolute Gasteiger partial charge is 0.220 e. The molecule has 1 unspecified atom stereocenters. The van der Waals surface area contributed by atoms with E-state index in [-0.39, 0.29) is 5.91 Å². The predicted molar refractivity (Wildman–Crippen MR) is 77.7 cm³/mol. The van der Waals surface area contributed by atoms with E-state index in [1.165, 1.54) is 0 Å². The molecule has 0 fully saturated rings. The number of amides is 1. The van der Waals surface area contributed by atoms with Gasteiger partial charge in [0.05, 0.1) is 5.60 Å². The summed E-state index contributed by atoms with van der Waals surface area (Å²) in [6.45, 7) is 4.07. The van der Waals surface area contributed by atoms with Crippen molar-refractivity contribution in [3.8, 4) is 0 Å². The largest absolute Gasteiger partial charge is 0.399 e. The van der Waals surface area contributed by atoms with Gasteiger partial charge in [-0.1, -0.05) is 25.5 Å². The second-order valence-electron chi connectivity index (χ2n) is 5.27. The Balaban J connectivity index is 2.30. The van der Waals surface area contributed by atoms with E-state index in [4.69, 9.17) is 5.73 Å². The van der Waals surface area contributed by atoms with Crippen LogP contribution in [0.25, 0.3) is 0 Å². The van der Waals surface area contributed by atoms with Crippen molar-refractivity contribution in [1.82, 2.24) is 5.32 Å². The molecule has 0 aliphatic carbocycles. The van der Waals surface area contributed by atoms with E-state index in [1.807, 2.05) is 31.2 Å². The van der Waals surface area contributed by atoms with Gasteiger partial charge < -0.3 is 16.2 Å². The highest BCUT2D eigenvalue weighted by Crippen LogP contribution is 2.11. The third-order valence-electron chi connectivity index (χ3n) is 3.08. The molecule has 0 aromatic heterocycles. The fraction of sp³-hybridized carbons (Fsp3) is 0.533. The molecule has 4 N–H and O–H groups in total. The topological polar surface area (TPSA) is 75.3 Å². The molecular formula is C15H24N2O2. The molecule has 106 valence electrons. The standard InChI is InChI=1S/C15H24N2O2/c1-3-10-15(2,19)11-17-14(18)9-6-12-4-7-13(16)8-5-12/h4-5,7-8,19H,3,6,9-11,16H2,1-2H3,(H,17,18). The summed E-state index contributed by atoms with van der Waals surface area (Å²) in [6, 6.07) is 7.52. The Morgan fingerprint density at radius 1 is 1.37 bits per heavy atom. The Morgan fingerprint density at radius 3 is 2.58 bits per heavy atom. The maximum absolute atomic E-state index is 11.7. The van der Waals surface area contributed by atoms with E-state index < -0.39 is 5.60 Å². The Hall–Kier alpha value is -1.55. The van der Waals surface area contributed by atoms with Gasteiger partial charge in [-0.3, -0.25) is 4.79 Å². The zero-order valence-corrected chi connectivity index (χ0v) is 11.8. The molecular weight excluding hydrogens is 240 g/mol. The number of nitrogens with two attached hydrogens (primary N) is 1. The van der Waals surface area contributed by atoms with Crippen molar-refractivity contribution in [3.05, 3.63) is 29.8 Å². The lowest BCUT2D eigenvalue weighted by Gasteiger charge is -2.22. The van der Waals surface area contributed by atoms with Gasteiger partial charge in [0, 0.05) is 18.7 Å². The van der Waals surface area contributed by atoms with Gasteiger partial charge in [0.15, 0.2) is 0 Å². The highest BCUT2D eigenvalue weighted by molar-refractivity contribution is 5.76. The number of nitrogens with one attached hydrogen (secondary N) is 1. The van der Waals surface area contributed by atoms with Crippen LogP contribution in [0, 0.1) is 0 Å². The van der Waals surface area contributed by atoms with Gasteiger partial charge in [-0.05, 0) is 37.5 Å². The third kappa shape index (κ3) is 6.25. The van der Waals surface area contributed by atoms with Crippen molar-refractivity contribution in [2.24, 2.45) is 0 Å². The SMILES string of the molecule is CCCC(C)(O)CNC(=O)CCc1ccc(N)cc1. The van der Waals surface area contributed by atoms with Crippen molar-refractivity contribution in [2.75, 3.05) is 12.3 Å². The van der Waals surface area contributed by atoms with Crippen LogP contribution in [-0.4, -0.2) is 23.2 Å². The molecule has 1 atom stereocenters. The fourth-order valence-electron chi connectivity index (χ4n) is 1.95. The van der Waals surface area contributed by atoms with Crippen LogP contribution in [0.15, 0.2) is 24.3 Å². The quantitative estimate of drug-likeness (QED) is 0.658. The lowest BCUT2D eigenvalue weighted by Crippen LogP contribution is -2.40. The third-order valence-corrected chi connectivity index (χ3v) is 3.08. The number of nitrogen functional groups attached to an aromatic ring is 1. The molecule has 1 aromatic rings. The van der Waals surface area contributed by atoms with Gasteiger partial charge in [0.25, 0.3) is 0 Å². The molecule has 0 saturated heterocycles. The second-order valence-corrected chi connectivity index (χ2v) is 5.27. The molecule has 1 rings (SSSR count). The van der Waals surface area contributed by atoms with Gasteiger partial charge in [-0.25, -0.2) is 0 Å². The summed E-state index contributed by atoms with van der Waals surface area (Å²) >= 11 is 0. The minimum atomic E-state index is -0.814. The van der Waals surface area contributed by atoms with Gasteiger partial charge in [-0.15, -0.1) is 0 Å². The average molecular weight is 264 g/mol. The van der Waals surface area contributed by atoms with Gasteiger partial charge in [-0.2, -0.15) is 0 Å². The molecule has 19 heavy (non-hydrogen) atoms. The zero-order chi connectivity index (χ0) is 14.3. The second kappa shape index (κ2) is 7.14. The average Bonchev–Trinajstić information content (AvgIpc) is 2.36. The first-order chi connectivity index (χ1) is 8.93. The van der Waals surface area contributed by atoms with Crippen LogP contribution in [0.3, 0.4) is 0 Å². The van der Waals surface area contributed by atoms with E-state index in [9.17, 15) is 9.90 Å². The molecule has 0 saturated carbocycles. The highest BCUT2D eigenvalue weighted by Gasteiger charge is 2.19. The molecule has 0 bridgehead atoms. The van der Waals surface area contributed by atoms with Gasteiger partial charge in [0.2, 0.25) is 5.91 Å². The van der Waals surface area contributed by atoms with E-state index in [2.05, 4.69) is 5.32 Å². The Morgan fingerprint density at radius 2 is 2.00 bits per heavy atom. The summed E-state index contributed by atoms with van der Waals surface area (Å²) < 4.78 is 0. The maximum atomic E-state index is 11.7. The first-order valence-corrected chi connectivity index (χ1v) is 6.76. The first-order valence-electron chi connectivity index (χ1n) is 6.76. The summed E-state index contributed by atoms with van der Waals surface area (Å²) in [5.74, 6) is -0.0341. The molecule has 0 radical (unpaired) electrons. The first kappa shape index (κ1) is 15.5. The van der Waals surface area contributed by atoms with Crippen LogP contribution in [0.1, 0.15) is 38.7 Å². The molecule has 0 heterocycles. The fourth-order valence-corrected chi connectivity index (χ4v) is 1.95. The Labute approximate surface area is 115 Å². The molecule has 4 nitrogen and oxygen atoms in total. The van der Waals surface area contributed by atoms with Crippen molar-refractivity contribution in [3.63, 3.8) is 0 Å². The van der Waals surface area contributed by atoms with E-state index >= 15 is 0 Å². The minimum Gasteiger partial charge on any atom is -0.399 e. The molecule has 4 heteroatoms. The van der Waals surface area contributed by atoms with Crippen LogP contribution in [0.2, 0.25) is 0 Å². The normalized spacial score (nSPS) is 13.8. The highest BCUT2D eigenvalue weighted by atomic mass is 16.3. The van der Waals surface area contributed by atoms with E-state index in [0.29, 0.717) is 25.8 Å². The van der Waals surface area contributed by atoms with E-state index in [1.54, 1.807) is 6.92 Å². The lowest BCUT2D eigenvalue weighted by molar-refractivity contribution is -0.122. The molecule has 0 spiro atoms. The lowest BCUT2D eigenvalue weighted by atomic mass is 10.0. The number of rotatable bonds is 7. The summed E-state index contributed by atoms with van der Waals surface area (Å²) in [7, 11) is 0. The number of aryl methyl sites for hydroxylation is 1. The number of carbonyl (C=O) groups is 1. The predicted octanol–water partition coefficient (Wildman–Crippen LogP) is 1.87. The van der Waals surface area contributed by atoms with Gasteiger partial charge in [0.1, 0.15) is 0 Å². The van der Waals surface area contributed by atoms with Crippen LogP contribution in [0.5, 0.6) is 0 Å². The Kier molecular flexibility index (Phi) is 5.83. The molecule has 0 aliphatic heterocycles. The van der Waals surface area contributed by atoms with Crippen LogP contribution >= 0.6 is 0 Å².